The Morgan fingerprint density at radius 2 is 1.77 bits per heavy atom. The zero-order chi connectivity index (χ0) is 18.9. The Hall–Kier alpha value is -2.04. The van der Waals surface area contributed by atoms with Gasteiger partial charge in [-0.3, -0.25) is 4.79 Å². The number of carbonyl (C=O) groups excluding carboxylic acids is 2. The Morgan fingerprint density at radius 3 is 2.42 bits per heavy atom. The maximum atomic E-state index is 12.4. The fraction of sp³-hybridized carbons (Fsp3) is 0.619. The Kier molecular flexibility index (Phi) is 5.26. The van der Waals surface area contributed by atoms with E-state index in [1.165, 1.54) is 12.0 Å². The summed E-state index contributed by atoms with van der Waals surface area (Å²) in [6, 6.07) is 7.84. The number of urea groups is 1. The van der Waals surface area contributed by atoms with Gasteiger partial charge in [0, 0.05) is 24.7 Å². The van der Waals surface area contributed by atoms with Crippen molar-refractivity contribution in [3.05, 3.63) is 29.8 Å². The van der Waals surface area contributed by atoms with Crippen LogP contribution in [0.4, 0.5) is 10.5 Å². The van der Waals surface area contributed by atoms with Gasteiger partial charge in [0.1, 0.15) is 0 Å². The van der Waals surface area contributed by atoms with E-state index in [1.54, 1.807) is 4.90 Å². The highest BCUT2D eigenvalue weighted by Gasteiger charge is 2.34. The van der Waals surface area contributed by atoms with Crippen molar-refractivity contribution in [1.82, 2.24) is 10.6 Å². The molecule has 3 amide bonds. The number of amides is 3. The number of rotatable bonds is 3. The molecule has 2 N–H and O–H groups in total. The predicted molar refractivity (Wildman–Crippen MR) is 104 cm³/mol. The summed E-state index contributed by atoms with van der Waals surface area (Å²) in [6.45, 7) is 9.34. The van der Waals surface area contributed by atoms with E-state index in [4.69, 9.17) is 0 Å². The van der Waals surface area contributed by atoms with Crippen LogP contribution in [0.25, 0.3) is 0 Å². The van der Waals surface area contributed by atoms with Gasteiger partial charge in [0.2, 0.25) is 5.91 Å². The zero-order valence-corrected chi connectivity index (χ0v) is 16.3. The molecule has 5 heteroatoms. The number of hydrogen-bond donors (Lipinski definition) is 2. The molecule has 1 heterocycles. The molecule has 1 aliphatic carbocycles. The van der Waals surface area contributed by atoms with E-state index in [2.05, 4.69) is 31.4 Å². The first-order chi connectivity index (χ1) is 12.2. The first-order valence-corrected chi connectivity index (χ1v) is 9.66. The van der Waals surface area contributed by atoms with E-state index >= 15 is 0 Å². The molecular formula is C21H31N3O2. The number of carbonyl (C=O) groups is 2. The zero-order valence-electron chi connectivity index (χ0n) is 16.3. The van der Waals surface area contributed by atoms with E-state index in [0.717, 1.165) is 18.5 Å². The van der Waals surface area contributed by atoms with Crippen LogP contribution in [-0.2, 0) is 4.79 Å². The molecule has 1 aliphatic heterocycles. The molecule has 3 rings (SSSR count). The second kappa shape index (κ2) is 7.29. The quantitative estimate of drug-likeness (QED) is 0.868. The van der Waals surface area contributed by atoms with Crippen molar-refractivity contribution in [2.24, 2.45) is 11.3 Å². The average Bonchev–Trinajstić information content (AvgIpc) is 2.86. The molecule has 1 aromatic rings. The van der Waals surface area contributed by atoms with Crippen molar-refractivity contribution < 1.29 is 9.59 Å². The van der Waals surface area contributed by atoms with Crippen LogP contribution >= 0.6 is 0 Å². The van der Waals surface area contributed by atoms with Crippen molar-refractivity contribution in [2.75, 3.05) is 11.4 Å². The van der Waals surface area contributed by atoms with Crippen molar-refractivity contribution in [3.8, 4) is 0 Å². The Morgan fingerprint density at radius 1 is 1.12 bits per heavy atom. The van der Waals surface area contributed by atoms with Crippen LogP contribution in [0.2, 0.25) is 0 Å². The van der Waals surface area contributed by atoms with Gasteiger partial charge in [-0.25, -0.2) is 4.79 Å². The molecule has 1 saturated heterocycles. The third-order valence-corrected chi connectivity index (χ3v) is 5.53. The average molecular weight is 357 g/mol. The van der Waals surface area contributed by atoms with Gasteiger partial charge in [-0.1, -0.05) is 38.5 Å². The van der Waals surface area contributed by atoms with Gasteiger partial charge in [-0.05, 0) is 49.7 Å². The van der Waals surface area contributed by atoms with E-state index in [1.807, 2.05) is 31.2 Å². The summed E-state index contributed by atoms with van der Waals surface area (Å²) in [7, 11) is 0. The first-order valence-electron chi connectivity index (χ1n) is 9.66. The molecule has 2 fully saturated rings. The second-order valence-corrected chi connectivity index (χ2v) is 8.97. The normalized spacial score (nSPS) is 28.1. The second-order valence-electron chi connectivity index (χ2n) is 8.97. The van der Waals surface area contributed by atoms with Gasteiger partial charge >= 0.3 is 6.03 Å². The van der Waals surface area contributed by atoms with E-state index in [9.17, 15) is 9.59 Å². The number of nitrogens with one attached hydrogen (secondary N) is 2. The fourth-order valence-electron chi connectivity index (χ4n) is 4.65. The highest BCUT2D eigenvalue weighted by atomic mass is 16.2. The highest BCUT2D eigenvalue weighted by Crippen LogP contribution is 2.38. The minimum absolute atomic E-state index is 0.0616. The third-order valence-electron chi connectivity index (χ3n) is 5.53. The molecule has 0 spiro atoms. The first kappa shape index (κ1) is 18.7. The Balaban J connectivity index is 1.54. The predicted octanol–water partition coefficient (Wildman–Crippen LogP) is 3.61. The fourth-order valence-corrected chi connectivity index (χ4v) is 4.65. The van der Waals surface area contributed by atoms with Gasteiger partial charge in [0.25, 0.3) is 0 Å². The molecule has 0 aromatic heterocycles. The van der Waals surface area contributed by atoms with E-state index in [-0.39, 0.29) is 29.4 Å². The lowest BCUT2D eigenvalue weighted by Crippen LogP contribution is -2.50. The molecule has 1 saturated carbocycles. The molecule has 5 nitrogen and oxygen atoms in total. The highest BCUT2D eigenvalue weighted by molar-refractivity contribution is 5.96. The van der Waals surface area contributed by atoms with Crippen molar-refractivity contribution in [2.45, 2.75) is 65.5 Å². The number of anilines is 1. The van der Waals surface area contributed by atoms with Crippen LogP contribution in [0.3, 0.4) is 0 Å². The summed E-state index contributed by atoms with van der Waals surface area (Å²) in [5.74, 6) is 0.681. The summed E-state index contributed by atoms with van der Waals surface area (Å²) in [6.07, 6.45) is 3.59. The van der Waals surface area contributed by atoms with Crippen LogP contribution < -0.4 is 15.5 Å². The number of nitrogens with zero attached hydrogens (tertiary/aromatic N) is 1. The maximum Gasteiger partial charge on any atom is 0.315 e. The minimum atomic E-state index is -0.150. The molecule has 0 unspecified atom stereocenters. The molecule has 1 aromatic carbocycles. The summed E-state index contributed by atoms with van der Waals surface area (Å²) >= 11 is 0. The van der Waals surface area contributed by atoms with Gasteiger partial charge in [0.05, 0.1) is 6.04 Å². The summed E-state index contributed by atoms with van der Waals surface area (Å²) in [4.78, 5) is 26.5. The number of aryl methyl sites for hydroxylation is 1. The van der Waals surface area contributed by atoms with Crippen molar-refractivity contribution in [1.29, 1.82) is 0 Å². The monoisotopic (exact) mass is 357 g/mol. The molecular weight excluding hydrogens is 326 g/mol. The van der Waals surface area contributed by atoms with Crippen LogP contribution in [-0.4, -0.2) is 30.6 Å². The molecule has 0 bridgehead atoms. The topological polar surface area (TPSA) is 61.4 Å². The Labute approximate surface area is 156 Å². The van der Waals surface area contributed by atoms with Crippen molar-refractivity contribution >= 4 is 17.6 Å². The van der Waals surface area contributed by atoms with Crippen molar-refractivity contribution in [3.63, 3.8) is 0 Å². The van der Waals surface area contributed by atoms with Crippen LogP contribution in [0.15, 0.2) is 24.3 Å². The summed E-state index contributed by atoms with van der Waals surface area (Å²) < 4.78 is 0. The van der Waals surface area contributed by atoms with Crippen LogP contribution in [0.5, 0.6) is 0 Å². The number of benzene rings is 1. The standard InChI is InChI=1S/C21H31N3O2/c1-14-5-7-18(8-6-14)24-13-17(10-19(24)25)23-20(26)22-16-9-15(2)11-21(3,4)12-16/h5-8,15-17H,9-13H2,1-4H3,(H2,22,23,26)/t15-,16+,17-/m0/s1. The van der Waals surface area contributed by atoms with Gasteiger partial charge in [-0.15, -0.1) is 0 Å². The Bertz CT molecular complexity index is 668. The maximum absolute atomic E-state index is 12.4. The van der Waals surface area contributed by atoms with E-state index in [0.29, 0.717) is 18.9 Å². The molecule has 3 atom stereocenters. The minimum Gasteiger partial charge on any atom is -0.335 e. The largest absolute Gasteiger partial charge is 0.335 e. The smallest absolute Gasteiger partial charge is 0.315 e. The lowest BCUT2D eigenvalue weighted by Gasteiger charge is -2.39. The third kappa shape index (κ3) is 4.57. The summed E-state index contributed by atoms with van der Waals surface area (Å²) in [5, 5.41) is 6.13. The molecule has 142 valence electrons. The van der Waals surface area contributed by atoms with Gasteiger partial charge in [0.15, 0.2) is 0 Å². The van der Waals surface area contributed by atoms with Crippen LogP contribution in [0.1, 0.15) is 52.0 Å². The van der Waals surface area contributed by atoms with Gasteiger partial charge in [-0.2, -0.15) is 0 Å². The SMILES string of the molecule is Cc1ccc(N2C[C@@H](NC(=O)N[C@@H]3C[C@H](C)CC(C)(C)C3)CC2=O)cc1. The van der Waals surface area contributed by atoms with E-state index < -0.39 is 0 Å². The van der Waals surface area contributed by atoms with Gasteiger partial charge < -0.3 is 15.5 Å². The summed E-state index contributed by atoms with van der Waals surface area (Å²) in [5.41, 5.74) is 2.33. The lowest BCUT2D eigenvalue weighted by molar-refractivity contribution is -0.117. The lowest BCUT2D eigenvalue weighted by atomic mass is 9.71. The number of hydrogen-bond acceptors (Lipinski definition) is 2. The van der Waals surface area contributed by atoms with Crippen LogP contribution in [0, 0.1) is 18.3 Å². The molecule has 2 aliphatic rings. The molecule has 0 radical (unpaired) electrons. The molecule has 26 heavy (non-hydrogen) atoms.